The highest BCUT2D eigenvalue weighted by Gasteiger charge is 2.06. The number of halogens is 3. The molecule has 0 amide bonds. The maximum Gasteiger partial charge on any atom is 0.224 e. The number of nitrogens with one attached hydrogen (secondary N) is 1. The Balaban J connectivity index is 2.31. The number of rotatable bonds is 3. The van der Waals surface area contributed by atoms with E-state index in [2.05, 4.69) is 47.1 Å². The molecule has 1 heterocycles. The Morgan fingerprint density at radius 2 is 2.06 bits per heavy atom. The number of hydrogen-bond acceptors (Lipinski definition) is 4. The molecule has 94 valence electrons. The first kappa shape index (κ1) is 13.6. The van der Waals surface area contributed by atoms with Crippen LogP contribution in [0.5, 0.6) is 5.75 Å². The van der Waals surface area contributed by atoms with Crippen molar-refractivity contribution in [2.24, 2.45) is 0 Å². The molecule has 0 unspecified atom stereocenters. The van der Waals surface area contributed by atoms with E-state index in [9.17, 15) is 0 Å². The Bertz CT molecular complexity index is 580. The SMILES string of the molecule is COc1cc(Nc2nc(Cl)ncc2Br)ccc1Br. The predicted molar refractivity (Wildman–Crippen MR) is 78.7 cm³/mol. The molecule has 0 aliphatic carbocycles. The molecular formula is C11H8Br2ClN3O. The van der Waals surface area contributed by atoms with E-state index < -0.39 is 0 Å². The number of hydrogen-bond donors (Lipinski definition) is 1. The van der Waals surface area contributed by atoms with E-state index in [0.717, 1.165) is 20.4 Å². The zero-order valence-electron chi connectivity index (χ0n) is 9.25. The van der Waals surface area contributed by atoms with Crippen LogP contribution in [0.15, 0.2) is 33.3 Å². The second-order valence-electron chi connectivity index (χ2n) is 3.31. The lowest BCUT2D eigenvalue weighted by molar-refractivity contribution is 0.412. The van der Waals surface area contributed by atoms with Gasteiger partial charge >= 0.3 is 0 Å². The Hall–Kier alpha value is -0.850. The Morgan fingerprint density at radius 1 is 1.28 bits per heavy atom. The molecule has 0 aliphatic rings. The molecule has 18 heavy (non-hydrogen) atoms. The first-order valence-electron chi connectivity index (χ1n) is 4.89. The summed E-state index contributed by atoms with van der Waals surface area (Å²) in [4.78, 5) is 7.95. The van der Waals surface area contributed by atoms with Gasteiger partial charge in [-0.25, -0.2) is 4.98 Å². The van der Waals surface area contributed by atoms with Crippen molar-refractivity contribution < 1.29 is 4.74 Å². The predicted octanol–water partition coefficient (Wildman–Crippen LogP) is 4.41. The summed E-state index contributed by atoms with van der Waals surface area (Å²) in [6, 6.07) is 5.64. The van der Waals surface area contributed by atoms with Gasteiger partial charge in [0, 0.05) is 18.0 Å². The average molecular weight is 393 g/mol. The van der Waals surface area contributed by atoms with E-state index in [1.807, 2.05) is 18.2 Å². The van der Waals surface area contributed by atoms with Gasteiger partial charge in [0.2, 0.25) is 5.28 Å². The lowest BCUT2D eigenvalue weighted by Gasteiger charge is -2.10. The Kier molecular flexibility index (Phi) is 4.42. The molecule has 1 N–H and O–H groups in total. The highest BCUT2D eigenvalue weighted by molar-refractivity contribution is 9.11. The minimum atomic E-state index is 0.185. The number of aromatic nitrogens is 2. The highest BCUT2D eigenvalue weighted by atomic mass is 79.9. The van der Waals surface area contributed by atoms with Crippen molar-refractivity contribution in [3.8, 4) is 5.75 Å². The van der Waals surface area contributed by atoms with Gasteiger partial charge in [-0.2, -0.15) is 4.98 Å². The lowest BCUT2D eigenvalue weighted by Crippen LogP contribution is -1.97. The lowest BCUT2D eigenvalue weighted by atomic mass is 10.3. The second-order valence-corrected chi connectivity index (χ2v) is 5.36. The minimum Gasteiger partial charge on any atom is -0.495 e. The quantitative estimate of drug-likeness (QED) is 0.785. The van der Waals surface area contributed by atoms with E-state index >= 15 is 0 Å². The number of methoxy groups -OCH3 is 1. The molecule has 0 spiro atoms. The number of ether oxygens (including phenoxy) is 1. The van der Waals surface area contributed by atoms with Crippen LogP contribution in [0.2, 0.25) is 5.28 Å². The molecule has 7 heteroatoms. The number of anilines is 2. The van der Waals surface area contributed by atoms with E-state index in [0.29, 0.717) is 5.82 Å². The summed E-state index contributed by atoms with van der Waals surface area (Å²) in [5.74, 6) is 1.33. The van der Waals surface area contributed by atoms with Crippen LogP contribution in [0, 0.1) is 0 Å². The van der Waals surface area contributed by atoms with Gasteiger partial charge in [0.25, 0.3) is 0 Å². The van der Waals surface area contributed by atoms with Crippen molar-refractivity contribution in [1.29, 1.82) is 0 Å². The third-order valence-corrected chi connectivity index (χ3v) is 3.55. The fourth-order valence-corrected chi connectivity index (χ4v) is 2.14. The molecule has 4 nitrogen and oxygen atoms in total. The van der Waals surface area contributed by atoms with E-state index in [4.69, 9.17) is 16.3 Å². The van der Waals surface area contributed by atoms with Crippen molar-refractivity contribution in [3.63, 3.8) is 0 Å². The molecule has 2 aromatic rings. The van der Waals surface area contributed by atoms with Gasteiger partial charge in [0.05, 0.1) is 16.1 Å². The molecule has 0 atom stereocenters. The first-order valence-corrected chi connectivity index (χ1v) is 6.85. The summed E-state index contributed by atoms with van der Waals surface area (Å²) in [5.41, 5.74) is 0.838. The minimum absolute atomic E-state index is 0.185. The van der Waals surface area contributed by atoms with Crippen LogP contribution < -0.4 is 10.1 Å². The van der Waals surface area contributed by atoms with Crippen LogP contribution in [0.4, 0.5) is 11.5 Å². The summed E-state index contributed by atoms with van der Waals surface area (Å²) in [5, 5.41) is 3.32. The molecule has 1 aromatic carbocycles. The normalized spacial score (nSPS) is 10.2. The van der Waals surface area contributed by atoms with Crippen molar-refractivity contribution in [3.05, 3.63) is 38.6 Å². The zero-order chi connectivity index (χ0) is 13.1. The van der Waals surface area contributed by atoms with E-state index in [-0.39, 0.29) is 5.28 Å². The molecule has 2 rings (SSSR count). The van der Waals surface area contributed by atoms with Crippen LogP contribution >= 0.6 is 43.5 Å². The molecule has 1 aromatic heterocycles. The topological polar surface area (TPSA) is 47.0 Å². The maximum atomic E-state index is 5.75. The van der Waals surface area contributed by atoms with Crippen LogP contribution in [-0.2, 0) is 0 Å². The van der Waals surface area contributed by atoms with Gasteiger partial charge in [0.15, 0.2) is 0 Å². The summed E-state index contributed by atoms with van der Waals surface area (Å²) >= 11 is 12.5. The van der Waals surface area contributed by atoms with Gasteiger partial charge < -0.3 is 10.1 Å². The highest BCUT2D eigenvalue weighted by Crippen LogP contribution is 2.30. The van der Waals surface area contributed by atoms with Crippen molar-refractivity contribution in [2.45, 2.75) is 0 Å². The maximum absolute atomic E-state index is 5.75. The summed E-state index contributed by atoms with van der Waals surface area (Å²) in [6.45, 7) is 0. The van der Waals surface area contributed by atoms with E-state index in [1.165, 1.54) is 0 Å². The molecule has 0 fully saturated rings. The van der Waals surface area contributed by atoms with Crippen molar-refractivity contribution in [1.82, 2.24) is 9.97 Å². The molecule has 0 aliphatic heterocycles. The van der Waals surface area contributed by atoms with E-state index in [1.54, 1.807) is 13.3 Å². The average Bonchev–Trinajstić information content (AvgIpc) is 2.36. The van der Waals surface area contributed by atoms with Gasteiger partial charge in [-0.1, -0.05) is 0 Å². The van der Waals surface area contributed by atoms with Gasteiger partial charge in [-0.15, -0.1) is 0 Å². The summed E-state index contributed by atoms with van der Waals surface area (Å²) < 4.78 is 6.83. The largest absolute Gasteiger partial charge is 0.495 e. The van der Waals surface area contributed by atoms with Crippen molar-refractivity contribution in [2.75, 3.05) is 12.4 Å². The van der Waals surface area contributed by atoms with Gasteiger partial charge in [-0.05, 0) is 55.6 Å². The number of nitrogens with zero attached hydrogens (tertiary/aromatic N) is 2. The standard InChI is InChI=1S/C11H8Br2ClN3O/c1-18-9-4-6(2-3-7(9)12)16-10-8(13)5-15-11(14)17-10/h2-5H,1H3,(H,15,16,17). The molecule has 0 saturated heterocycles. The Labute approximate surface area is 126 Å². The molecular weight excluding hydrogens is 385 g/mol. The fraction of sp³-hybridized carbons (Fsp3) is 0.0909. The smallest absolute Gasteiger partial charge is 0.224 e. The van der Waals surface area contributed by atoms with Crippen LogP contribution in [0.1, 0.15) is 0 Å². The monoisotopic (exact) mass is 391 g/mol. The molecule has 0 bridgehead atoms. The van der Waals surface area contributed by atoms with Gasteiger partial charge in [-0.3, -0.25) is 0 Å². The third-order valence-electron chi connectivity index (χ3n) is 2.13. The van der Waals surface area contributed by atoms with Crippen LogP contribution in [0.25, 0.3) is 0 Å². The second kappa shape index (κ2) is 5.86. The summed E-state index contributed by atoms with van der Waals surface area (Å²) in [6.07, 6.45) is 1.59. The Morgan fingerprint density at radius 3 is 2.78 bits per heavy atom. The third kappa shape index (κ3) is 3.13. The van der Waals surface area contributed by atoms with Crippen LogP contribution in [-0.4, -0.2) is 17.1 Å². The van der Waals surface area contributed by atoms with Gasteiger partial charge in [0.1, 0.15) is 11.6 Å². The molecule has 0 saturated carbocycles. The zero-order valence-corrected chi connectivity index (χ0v) is 13.2. The fourth-order valence-electron chi connectivity index (χ4n) is 1.31. The van der Waals surface area contributed by atoms with Crippen LogP contribution in [0.3, 0.4) is 0 Å². The summed E-state index contributed by atoms with van der Waals surface area (Å²) in [7, 11) is 1.61. The van der Waals surface area contributed by atoms with Crippen molar-refractivity contribution >= 4 is 55.0 Å². The first-order chi connectivity index (χ1) is 8.60. The molecule has 0 radical (unpaired) electrons. The number of benzene rings is 1.